The van der Waals surface area contributed by atoms with Crippen molar-refractivity contribution in [3.8, 4) is 16.9 Å². The van der Waals surface area contributed by atoms with E-state index in [4.69, 9.17) is 15.2 Å². The van der Waals surface area contributed by atoms with Crippen molar-refractivity contribution in [2.45, 2.75) is 37.7 Å². The molecular formula is C22H26N2O5S. The van der Waals surface area contributed by atoms with Gasteiger partial charge in [-0.25, -0.2) is 13.2 Å². The van der Waals surface area contributed by atoms with Crippen molar-refractivity contribution < 1.29 is 22.7 Å². The van der Waals surface area contributed by atoms with Crippen LogP contribution in [0.15, 0.2) is 47.4 Å². The lowest BCUT2D eigenvalue weighted by atomic mass is 9.80. The largest absolute Gasteiger partial charge is 0.492 e. The molecule has 2 aliphatic heterocycles. The number of hydrogen-bond acceptors (Lipinski definition) is 5. The van der Waals surface area contributed by atoms with Gasteiger partial charge in [-0.15, -0.1) is 0 Å². The Balaban J connectivity index is 1.69. The van der Waals surface area contributed by atoms with Gasteiger partial charge in [0.2, 0.25) is 10.0 Å². The number of sulfonamides is 1. The summed E-state index contributed by atoms with van der Waals surface area (Å²) in [4.78, 5) is 11.7. The highest BCUT2D eigenvalue weighted by Crippen LogP contribution is 2.46. The Bertz CT molecular complexity index is 1070. The normalized spacial score (nSPS) is 20.9. The minimum atomic E-state index is -3.49. The van der Waals surface area contributed by atoms with E-state index in [1.54, 1.807) is 18.2 Å². The first-order valence-electron chi connectivity index (χ1n) is 10.0. The molecule has 0 aliphatic carbocycles. The standard InChI is InChI=1S/C22H26N2O5S/c1-22(2)14-28-19-13-16(8-9-18(19)20(22)29-21(23)25)15-6-5-7-17(12-15)30(26,27)24-10-3-4-11-24/h5-9,12-13,20H,3-4,10-11,14H2,1-2H3,(H2,23,25). The maximum Gasteiger partial charge on any atom is 0.405 e. The fraction of sp³-hybridized carbons (Fsp3) is 0.409. The summed E-state index contributed by atoms with van der Waals surface area (Å²) >= 11 is 0. The van der Waals surface area contributed by atoms with Crippen molar-refractivity contribution in [2.75, 3.05) is 19.7 Å². The van der Waals surface area contributed by atoms with Crippen LogP contribution in [0.25, 0.3) is 11.1 Å². The van der Waals surface area contributed by atoms with Crippen LogP contribution in [0, 0.1) is 5.41 Å². The van der Waals surface area contributed by atoms with Crippen LogP contribution in [0.1, 0.15) is 38.4 Å². The number of benzene rings is 2. The number of ether oxygens (including phenoxy) is 2. The molecular weight excluding hydrogens is 404 g/mol. The zero-order valence-electron chi connectivity index (χ0n) is 17.1. The monoisotopic (exact) mass is 430 g/mol. The molecule has 0 bridgehead atoms. The van der Waals surface area contributed by atoms with Crippen LogP contribution >= 0.6 is 0 Å². The second kappa shape index (κ2) is 7.59. The third-order valence-corrected chi connectivity index (χ3v) is 7.60. The summed E-state index contributed by atoms with van der Waals surface area (Å²) in [6.45, 7) is 5.39. The lowest BCUT2D eigenvalue weighted by molar-refractivity contribution is -0.0176. The first-order valence-corrected chi connectivity index (χ1v) is 11.5. The molecule has 2 aromatic rings. The number of hydrogen-bond donors (Lipinski definition) is 1. The number of nitrogens with zero attached hydrogens (tertiary/aromatic N) is 1. The number of carbonyl (C=O) groups is 1. The second-order valence-electron chi connectivity index (χ2n) is 8.49. The minimum absolute atomic E-state index is 0.289. The number of primary amides is 1. The number of fused-ring (bicyclic) bond motifs is 1. The molecule has 0 saturated carbocycles. The minimum Gasteiger partial charge on any atom is -0.492 e. The molecule has 1 atom stereocenters. The van der Waals surface area contributed by atoms with Gasteiger partial charge >= 0.3 is 6.09 Å². The molecule has 2 aliphatic rings. The van der Waals surface area contributed by atoms with E-state index in [2.05, 4.69) is 0 Å². The van der Waals surface area contributed by atoms with E-state index in [0.717, 1.165) is 29.5 Å². The van der Waals surface area contributed by atoms with Gasteiger partial charge in [-0.1, -0.05) is 38.1 Å². The van der Waals surface area contributed by atoms with Crippen LogP contribution < -0.4 is 10.5 Å². The molecule has 2 heterocycles. The summed E-state index contributed by atoms with van der Waals surface area (Å²) in [6.07, 6.45) is 0.442. The van der Waals surface area contributed by atoms with Crippen molar-refractivity contribution in [3.05, 3.63) is 48.0 Å². The maximum absolute atomic E-state index is 12.9. The van der Waals surface area contributed by atoms with Gasteiger partial charge in [-0.05, 0) is 42.2 Å². The summed E-state index contributed by atoms with van der Waals surface area (Å²) in [7, 11) is -3.49. The maximum atomic E-state index is 12.9. The Hall–Kier alpha value is -2.58. The van der Waals surface area contributed by atoms with E-state index in [1.807, 2.05) is 38.1 Å². The van der Waals surface area contributed by atoms with Gasteiger partial charge in [0.05, 0.1) is 11.5 Å². The van der Waals surface area contributed by atoms with E-state index in [9.17, 15) is 13.2 Å². The van der Waals surface area contributed by atoms with Crippen molar-refractivity contribution in [1.82, 2.24) is 4.31 Å². The Kier molecular flexibility index (Phi) is 5.23. The van der Waals surface area contributed by atoms with Crippen LogP contribution in [-0.2, 0) is 14.8 Å². The number of carbonyl (C=O) groups excluding carboxylic acids is 1. The van der Waals surface area contributed by atoms with Gasteiger partial charge < -0.3 is 15.2 Å². The van der Waals surface area contributed by atoms with Gasteiger partial charge in [0.1, 0.15) is 11.9 Å². The van der Waals surface area contributed by atoms with E-state index in [0.29, 0.717) is 25.4 Å². The van der Waals surface area contributed by atoms with Crippen LogP contribution in [0.5, 0.6) is 5.75 Å². The Morgan fingerprint density at radius 1 is 1.13 bits per heavy atom. The van der Waals surface area contributed by atoms with E-state index in [1.165, 1.54) is 4.31 Å². The molecule has 1 unspecified atom stereocenters. The SMILES string of the molecule is CC1(C)COc2cc(-c3cccc(S(=O)(=O)N4CCCC4)c3)ccc2C1OC(N)=O. The molecule has 0 aromatic heterocycles. The zero-order valence-corrected chi connectivity index (χ0v) is 17.9. The number of nitrogens with two attached hydrogens (primary N) is 1. The summed E-state index contributed by atoms with van der Waals surface area (Å²) in [6, 6.07) is 12.5. The Morgan fingerprint density at radius 2 is 1.83 bits per heavy atom. The molecule has 2 N–H and O–H groups in total. The van der Waals surface area contributed by atoms with Gasteiger partial charge in [0.15, 0.2) is 0 Å². The predicted molar refractivity (Wildman–Crippen MR) is 113 cm³/mol. The van der Waals surface area contributed by atoms with Crippen LogP contribution in [0.4, 0.5) is 4.79 Å². The Morgan fingerprint density at radius 3 is 2.53 bits per heavy atom. The zero-order chi connectivity index (χ0) is 21.5. The third-order valence-electron chi connectivity index (χ3n) is 5.71. The number of amides is 1. The van der Waals surface area contributed by atoms with Gasteiger partial charge in [0, 0.05) is 24.1 Å². The number of rotatable bonds is 4. The van der Waals surface area contributed by atoms with Gasteiger partial charge in [-0.3, -0.25) is 0 Å². The fourth-order valence-electron chi connectivity index (χ4n) is 4.07. The molecule has 1 saturated heterocycles. The van der Waals surface area contributed by atoms with Crippen LogP contribution in [0.3, 0.4) is 0 Å². The fourth-order valence-corrected chi connectivity index (χ4v) is 5.63. The molecule has 0 radical (unpaired) electrons. The molecule has 1 amide bonds. The second-order valence-corrected chi connectivity index (χ2v) is 10.4. The molecule has 8 heteroatoms. The summed E-state index contributed by atoms with van der Waals surface area (Å²) in [5.41, 5.74) is 7.19. The van der Waals surface area contributed by atoms with E-state index >= 15 is 0 Å². The molecule has 30 heavy (non-hydrogen) atoms. The van der Waals surface area contributed by atoms with Crippen molar-refractivity contribution >= 4 is 16.1 Å². The highest BCUT2D eigenvalue weighted by molar-refractivity contribution is 7.89. The summed E-state index contributed by atoms with van der Waals surface area (Å²) in [5, 5.41) is 0. The smallest absolute Gasteiger partial charge is 0.405 e. The molecule has 160 valence electrons. The first-order chi connectivity index (χ1) is 14.2. The predicted octanol–water partition coefficient (Wildman–Crippen LogP) is 3.69. The quantitative estimate of drug-likeness (QED) is 0.797. The Labute approximate surface area is 176 Å². The first kappa shape index (κ1) is 20.7. The highest BCUT2D eigenvalue weighted by atomic mass is 32.2. The summed E-state index contributed by atoms with van der Waals surface area (Å²) in [5.74, 6) is 0.603. The van der Waals surface area contributed by atoms with Crippen molar-refractivity contribution in [1.29, 1.82) is 0 Å². The van der Waals surface area contributed by atoms with Crippen LogP contribution in [0.2, 0.25) is 0 Å². The van der Waals surface area contributed by atoms with E-state index < -0.39 is 27.6 Å². The van der Waals surface area contributed by atoms with Crippen molar-refractivity contribution in [3.63, 3.8) is 0 Å². The average molecular weight is 431 g/mol. The molecule has 4 rings (SSSR count). The molecule has 2 aromatic carbocycles. The lowest BCUT2D eigenvalue weighted by Gasteiger charge is -2.38. The topological polar surface area (TPSA) is 98.9 Å². The van der Waals surface area contributed by atoms with Crippen molar-refractivity contribution in [2.24, 2.45) is 11.1 Å². The highest BCUT2D eigenvalue weighted by Gasteiger charge is 2.40. The van der Waals surface area contributed by atoms with Gasteiger partial charge in [0.25, 0.3) is 0 Å². The van der Waals surface area contributed by atoms with Gasteiger partial charge in [-0.2, -0.15) is 4.31 Å². The van der Waals surface area contributed by atoms with Crippen LogP contribution in [-0.4, -0.2) is 38.5 Å². The molecule has 0 spiro atoms. The molecule has 1 fully saturated rings. The average Bonchev–Trinajstić information content (AvgIpc) is 3.25. The summed E-state index contributed by atoms with van der Waals surface area (Å²) < 4.78 is 38.7. The molecule has 7 nitrogen and oxygen atoms in total. The third kappa shape index (κ3) is 3.77. The van der Waals surface area contributed by atoms with E-state index in [-0.39, 0.29) is 4.90 Å². The lowest BCUT2D eigenvalue weighted by Crippen LogP contribution is -2.37.